The molecule has 0 aromatic carbocycles. The monoisotopic (exact) mass is 276 g/mol. The number of hydrogen-bond donors (Lipinski definition) is 1. The topological polar surface area (TPSA) is 51.1 Å². The van der Waals surface area contributed by atoms with Crippen LogP contribution in [0.25, 0.3) is 0 Å². The van der Waals surface area contributed by atoms with E-state index in [1.807, 2.05) is 6.92 Å². The lowest BCUT2D eigenvalue weighted by Gasteiger charge is -2.07. The maximum Gasteiger partial charge on any atom is 0.269 e. The van der Waals surface area contributed by atoms with Gasteiger partial charge in [-0.25, -0.2) is 0 Å². The van der Waals surface area contributed by atoms with Crippen molar-refractivity contribution in [2.75, 3.05) is 6.54 Å². The van der Waals surface area contributed by atoms with Crippen LogP contribution in [0.3, 0.4) is 0 Å². The van der Waals surface area contributed by atoms with Crippen molar-refractivity contribution in [1.29, 1.82) is 0 Å². The van der Waals surface area contributed by atoms with E-state index < -0.39 is 5.56 Å². The third kappa shape index (κ3) is 4.40. The minimum atomic E-state index is -0.415. The summed E-state index contributed by atoms with van der Waals surface area (Å²) in [4.78, 5) is 23.1. The molecule has 1 heterocycles. The third-order valence-electron chi connectivity index (χ3n) is 2.18. The second-order valence-electron chi connectivity index (χ2n) is 3.64. The first-order valence-electron chi connectivity index (χ1n) is 5.36. The molecule has 0 aliphatic heterocycles. The average molecular weight is 277 g/mol. The van der Waals surface area contributed by atoms with Crippen LogP contribution >= 0.6 is 23.2 Å². The highest BCUT2D eigenvalue weighted by Gasteiger charge is 2.07. The minimum Gasteiger partial charge on any atom is -0.355 e. The van der Waals surface area contributed by atoms with Crippen molar-refractivity contribution in [3.05, 3.63) is 32.7 Å². The second-order valence-corrected chi connectivity index (χ2v) is 4.49. The van der Waals surface area contributed by atoms with Crippen LogP contribution in [0.2, 0.25) is 10.0 Å². The van der Waals surface area contributed by atoms with E-state index in [0.29, 0.717) is 11.6 Å². The Bertz CT molecular complexity index is 457. The van der Waals surface area contributed by atoms with Crippen LogP contribution in [0, 0.1) is 0 Å². The molecule has 6 heteroatoms. The molecule has 0 aliphatic rings. The minimum absolute atomic E-state index is 0.0128. The van der Waals surface area contributed by atoms with Gasteiger partial charge in [-0.2, -0.15) is 0 Å². The lowest BCUT2D eigenvalue weighted by molar-refractivity contribution is -0.121. The van der Waals surface area contributed by atoms with Crippen LogP contribution in [0.1, 0.15) is 19.8 Å². The standard InChI is InChI=1S/C11H14Cl2N2O2/c1-2-3-4-14-10(16)7-15-6-8(12)5-9(13)11(15)17/h5-6H,2-4,7H2,1H3,(H,14,16). The summed E-state index contributed by atoms with van der Waals surface area (Å²) in [6, 6.07) is 1.36. The van der Waals surface area contributed by atoms with Gasteiger partial charge in [0, 0.05) is 12.7 Å². The molecular weight excluding hydrogens is 263 g/mol. The van der Waals surface area contributed by atoms with Crippen molar-refractivity contribution in [2.24, 2.45) is 0 Å². The molecule has 0 spiro atoms. The first-order chi connectivity index (χ1) is 8.04. The van der Waals surface area contributed by atoms with Crippen LogP contribution in [-0.4, -0.2) is 17.0 Å². The van der Waals surface area contributed by atoms with Gasteiger partial charge in [0.05, 0.1) is 5.02 Å². The fourth-order valence-electron chi connectivity index (χ4n) is 1.30. The number of carbonyl (C=O) groups excluding carboxylic acids is 1. The van der Waals surface area contributed by atoms with Gasteiger partial charge in [0.25, 0.3) is 5.56 Å². The lowest BCUT2D eigenvalue weighted by Crippen LogP contribution is -2.32. The van der Waals surface area contributed by atoms with Crippen molar-refractivity contribution >= 4 is 29.1 Å². The third-order valence-corrected chi connectivity index (χ3v) is 2.65. The van der Waals surface area contributed by atoms with Crippen LogP contribution in [0.15, 0.2) is 17.1 Å². The van der Waals surface area contributed by atoms with Crippen molar-refractivity contribution in [3.8, 4) is 0 Å². The summed E-state index contributed by atoms with van der Waals surface area (Å²) in [6.07, 6.45) is 3.31. The van der Waals surface area contributed by atoms with E-state index in [9.17, 15) is 9.59 Å². The zero-order valence-electron chi connectivity index (χ0n) is 9.50. The van der Waals surface area contributed by atoms with Gasteiger partial charge in [-0.05, 0) is 12.5 Å². The Hall–Kier alpha value is -1.00. The SMILES string of the molecule is CCCCNC(=O)Cn1cc(Cl)cc(Cl)c1=O. The number of aromatic nitrogens is 1. The number of nitrogens with one attached hydrogen (secondary N) is 1. The smallest absolute Gasteiger partial charge is 0.269 e. The average Bonchev–Trinajstić information content (AvgIpc) is 2.25. The Morgan fingerprint density at radius 1 is 1.47 bits per heavy atom. The fraction of sp³-hybridized carbons (Fsp3) is 0.455. The van der Waals surface area contributed by atoms with E-state index in [2.05, 4.69) is 5.32 Å². The van der Waals surface area contributed by atoms with Gasteiger partial charge in [0.1, 0.15) is 11.6 Å². The first-order valence-corrected chi connectivity index (χ1v) is 6.12. The summed E-state index contributed by atoms with van der Waals surface area (Å²) in [7, 11) is 0. The molecule has 1 aromatic rings. The zero-order chi connectivity index (χ0) is 12.8. The van der Waals surface area contributed by atoms with Gasteiger partial charge < -0.3 is 9.88 Å². The number of nitrogens with zero attached hydrogens (tertiary/aromatic N) is 1. The Kier molecular flexibility index (Phi) is 5.51. The predicted octanol–water partition coefficient (Wildman–Crippen LogP) is 2.07. The van der Waals surface area contributed by atoms with Crippen LogP contribution in [0.4, 0.5) is 0 Å². The molecule has 0 unspecified atom stereocenters. The fourth-order valence-corrected chi connectivity index (χ4v) is 1.81. The summed E-state index contributed by atoms with van der Waals surface area (Å²) in [5, 5.41) is 3.06. The van der Waals surface area contributed by atoms with Crippen molar-refractivity contribution in [2.45, 2.75) is 26.3 Å². The Balaban J connectivity index is 2.68. The highest BCUT2D eigenvalue weighted by Crippen LogP contribution is 2.10. The van der Waals surface area contributed by atoms with Crippen molar-refractivity contribution in [3.63, 3.8) is 0 Å². The Morgan fingerprint density at radius 2 is 2.18 bits per heavy atom. The van der Waals surface area contributed by atoms with E-state index in [0.717, 1.165) is 12.8 Å². The number of unbranched alkanes of at least 4 members (excludes halogenated alkanes) is 1. The van der Waals surface area contributed by atoms with Crippen LogP contribution < -0.4 is 10.9 Å². The van der Waals surface area contributed by atoms with E-state index in [4.69, 9.17) is 23.2 Å². The molecule has 94 valence electrons. The molecule has 0 saturated carbocycles. The summed E-state index contributed by atoms with van der Waals surface area (Å²) in [5.41, 5.74) is -0.415. The van der Waals surface area contributed by atoms with E-state index in [-0.39, 0.29) is 17.5 Å². The van der Waals surface area contributed by atoms with Gasteiger partial charge in [0.15, 0.2) is 0 Å². The number of rotatable bonds is 5. The molecular formula is C11H14Cl2N2O2. The molecule has 0 fully saturated rings. The summed E-state index contributed by atoms with van der Waals surface area (Å²) in [6.45, 7) is 2.58. The number of pyridine rings is 1. The molecule has 1 rings (SSSR count). The Morgan fingerprint density at radius 3 is 2.82 bits per heavy atom. The summed E-state index contributed by atoms with van der Waals surface area (Å²) < 4.78 is 1.20. The van der Waals surface area contributed by atoms with E-state index in [1.54, 1.807) is 0 Å². The molecule has 0 saturated heterocycles. The molecule has 0 bridgehead atoms. The molecule has 0 radical (unpaired) electrons. The molecule has 17 heavy (non-hydrogen) atoms. The maximum absolute atomic E-state index is 11.6. The highest BCUT2D eigenvalue weighted by molar-refractivity contribution is 6.34. The summed E-state index contributed by atoms with van der Waals surface area (Å²) in [5.74, 6) is -0.223. The molecule has 0 atom stereocenters. The largest absolute Gasteiger partial charge is 0.355 e. The number of halogens is 2. The van der Waals surface area contributed by atoms with Crippen molar-refractivity contribution < 1.29 is 4.79 Å². The van der Waals surface area contributed by atoms with Gasteiger partial charge in [-0.1, -0.05) is 36.5 Å². The van der Waals surface area contributed by atoms with Gasteiger partial charge in [-0.3, -0.25) is 9.59 Å². The molecule has 4 nitrogen and oxygen atoms in total. The van der Waals surface area contributed by atoms with Gasteiger partial charge >= 0.3 is 0 Å². The van der Waals surface area contributed by atoms with E-state index >= 15 is 0 Å². The molecule has 1 aromatic heterocycles. The maximum atomic E-state index is 11.6. The number of amides is 1. The summed E-state index contributed by atoms with van der Waals surface area (Å²) >= 11 is 11.4. The van der Waals surface area contributed by atoms with Crippen LogP contribution in [-0.2, 0) is 11.3 Å². The molecule has 1 N–H and O–H groups in total. The second kappa shape index (κ2) is 6.67. The predicted molar refractivity (Wildman–Crippen MR) is 68.6 cm³/mol. The quantitative estimate of drug-likeness (QED) is 0.838. The normalized spacial score (nSPS) is 10.3. The van der Waals surface area contributed by atoms with Crippen LogP contribution in [0.5, 0.6) is 0 Å². The lowest BCUT2D eigenvalue weighted by atomic mass is 10.3. The molecule has 0 aliphatic carbocycles. The van der Waals surface area contributed by atoms with Gasteiger partial charge in [0.2, 0.25) is 5.91 Å². The molecule has 1 amide bonds. The zero-order valence-corrected chi connectivity index (χ0v) is 11.0. The Labute approximate surface area is 110 Å². The highest BCUT2D eigenvalue weighted by atomic mass is 35.5. The number of carbonyl (C=O) groups is 1. The number of hydrogen-bond acceptors (Lipinski definition) is 2. The van der Waals surface area contributed by atoms with Gasteiger partial charge in [-0.15, -0.1) is 0 Å². The first kappa shape index (κ1) is 14.1. The van der Waals surface area contributed by atoms with Crippen molar-refractivity contribution in [1.82, 2.24) is 9.88 Å². The van der Waals surface area contributed by atoms with E-state index in [1.165, 1.54) is 16.8 Å².